The Bertz CT molecular complexity index is 1970. The highest BCUT2D eigenvalue weighted by Crippen LogP contribution is 2.39. The van der Waals surface area contributed by atoms with Gasteiger partial charge in [-0.15, -0.1) is 0 Å². The molecule has 0 aliphatic carbocycles. The van der Waals surface area contributed by atoms with E-state index in [1.165, 1.54) is 15.1 Å². The molecule has 4 N–H and O–H groups in total. The minimum absolute atomic E-state index is 0.00139. The highest BCUT2D eigenvalue weighted by atomic mass is 32.2. The van der Waals surface area contributed by atoms with Crippen LogP contribution >= 0.6 is 0 Å². The van der Waals surface area contributed by atoms with E-state index < -0.39 is 27.8 Å². The fourth-order valence-electron chi connectivity index (χ4n) is 4.61. The van der Waals surface area contributed by atoms with Crippen LogP contribution in [0.25, 0.3) is 22.3 Å². The van der Waals surface area contributed by atoms with Gasteiger partial charge in [-0.05, 0) is 61.4 Å². The number of fused-ring (bicyclic) bond motifs is 1. The highest BCUT2D eigenvalue weighted by molar-refractivity contribution is 7.92. The van der Waals surface area contributed by atoms with Crippen molar-refractivity contribution in [3.63, 3.8) is 0 Å². The summed E-state index contributed by atoms with van der Waals surface area (Å²) in [6.07, 6.45) is -1.18. The Morgan fingerprint density at radius 1 is 1.05 bits per heavy atom. The summed E-state index contributed by atoms with van der Waals surface area (Å²) in [5, 5.41) is 7.79. The van der Waals surface area contributed by atoms with Crippen LogP contribution in [0.1, 0.15) is 29.9 Å². The summed E-state index contributed by atoms with van der Waals surface area (Å²) in [5.41, 5.74) is 5.97. The van der Waals surface area contributed by atoms with Gasteiger partial charge in [0.1, 0.15) is 23.5 Å². The zero-order valence-electron chi connectivity index (χ0n) is 22.5. The molecule has 0 amide bonds. The molecule has 0 radical (unpaired) electrons. The van der Waals surface area contributed by atoms with Crippen LogP contribution < -0.4 is 21.3 Å². The number of nitrogen functional groups attached to an aromatic ring is 1. The first kappa shape index (κ1) is 28.6. The molecule has 0 fully saturated rings. The molecule has 11 nitrogen and oxygen atoms in total. The Labute approximate surface area is 237 Å². The average molecular weight is 599 g/mol. The van der Waals surface area contributed by atoms with Crippen LogP contribution in [0.2, 0.25) is 0 Å². The highest BCUT2D eigenvalue weighted by Gasteiger charge is 2.32. The van der Waals surface area contributed by atoms with Crippen molar-refractivity contribution < 1.29 is 21.6 Å². The number of hydrogen-bond acceptors (Lipinski definition) is 8. The van der Waals surface area contributed by atoms with Gasteiger partial charge in [-0.2, -0.15) is 18.3 Å². The van der Waals surface area contributed by atoms with Crippen molar-refractivity contribution in [1.82, 2.24) is 24.1 Å². The smallest absolute Gasteiger partial charge is 0.383 e. The summed E-state index contributed by atoms with van der Waals surface area (Å²) < 4.78 is 70.1. The Morgan fingerprint density at radius 2 is 1.76 bits per heavy atom. The zero-order chi connectivity index (χ0) is 30.4. The van der Waals surface area contributed by atoms with Crippen LogP contribution in [0, 0.1) is 6.92 Å². The van der Waals surface area contributed by atoms with Crippen LogP contribution in [0.15, 0.2) is 71.9 Å². The maximum absolute atomic E-state index is 13.8. The lowest BCUT2D eigenvalue weighted by atomic mass is 10.0. The van der Waals surface area contributed by atoms with Crippen molar-refractivity contribution >= 4 is 32.9 Å². The van der Waals surface area contributed by atoms with Gasteiger partial charge in [0.25, 0.3) is 5.56 Å². The standard InChI is InChI=1S/C27H25F3N8O3S/c1-15-9-10-37-22(15)26(39)38(20-7-5-4-6-8-20)25(35-37)16(2)34-24-21(23(31)32-14-33-24)17-11-18(27(28,29)30)13-19(12-17)36-42(3,40)41/h4-14,16,36H,1-3H3,(H3,31,32,33,34)/t16-/m0/s1. The third-order valence-electron chi connectivity index (χ3n) is 6.40. The number of halogens is 3. The topological polar surface area (TPSA) is 149 Å². The molecule has 2 aromatic carbocycles. The van der Waals surface area contributed by atoms with E-state index in [0.717, 1.165) is 24.2 Å². The van der Waals surface area contributed by atoms with Gasteiger partial charge in [0.05, 0.1) is 29.1 Å². The molecule has 42 heavy (non-hydrogen) atoms. The largest absolute Gasteiger partial charge is 0.416 e. The molecule has 3 aromatic heterocycles. The summed E-state index contributed by atoms with van der Waals surface area (Å²) in [6.45, 7) is 3.50. The summed E-state index contributed by atoms with van der Waals surface area (Å²) >= 11 is 0. The second kappa shape index (κ2) is 10.5. The van der Waals surface area contributed by atoms with Gasteiger partial charge in [-0.1, -0.05) is 18.2 Å². The van der Waals surface area contributed by atoms with Gasteiger partial charge < -0.3 is 11.1 Å². The quantitative estimate of drug-likeness (QED) is 0.250. The number of nitrogens with two attached hydrogens (primary N) is 1. The van der Waals surface area contributed by atoms with Gasteiger partial charge in [0.15, 0.2) is 5.82 Å². The summed E-state index contributed by atoms with van der Waals surface area (Å²) in [6, 6.07) is 12.6. The molecule has 0 aliphatic heterocycles. The van der Waals surface area contributed by atoms with E-state index in [1.807, 2.05) is 6.07 Å². The molecular weight excluding hydrogens is 573 g/mol. The molecule has 0 saturated carbocycles. The summed E-state index contributed by atoms with van der Waals surface area (Å²) in [4.78, 5) is 21.9. The minimum atomic E-state index is -4.80. The Morgan fingerprint density at radius 3 is 2.43 bits per heavy atom. The monoisotopic (exact) mass is 598 g/mol. The van der Waals surface area contributed by atoms with Crippen molar-refractivity contribution in [2.75, 3.05) is 22.0 Å². The number of para-hydroxylation sites is 1. The van der Waals surface area contributed by atoms with Crippen molar-refractivity contribution in [2.45, 2.75) is 26.1 Å². The SMILES string of the molecule is Cc1ccn2nc([C@H](C)Nc3ncnc(N)c3-c3cc(NS(C)(=O)=O)cc(C(F)(F)F)c3)n(-c3ccccc3)c(=O)c12. The van der Waals surface area contributed by atoms with Gasteiger partial charge in [0.2, 0.25) is 10.0 Å². The number of alkyl halides is 3. The lowest BCUT2D eigenvalue weighted by Gasteiger charge is -2.22. The molecule has 0 unspecified atom stereocenters. The number of benzene rings is 2. The van der Waals surface area contributed by atoms with Gasteiger partial charge >= 0.3 is 6.18 Å². The maximum Gasteiger partial charge on any atom is 0.416 e. The number of nitrogens with one attached hydrogen (secondary N) is 2. The predicted octanol–water partition coefficient (Wildman–Crippen LogP) is 4.40. The second-order valence-electron chi connectivity index (χ2n) is 9.65. The third kappa shape index (κ3) is 5.63. The fourth-order valence-corrected chi connectivity index (χ4v) is 5.16. The molecule has 3 heterocycles. The van der Waals surface area contributed by atoms with E-state index in [-0.39, 0.29) is 39.8 Å². The number of sulfonamides is 1. The third-order valence-corrected chi connectivity index (χ3v) is 7.00. The van der Waals surface area contributed by atoms with E-state index in [0.29, 0.717) is 17.3 Å². The van der Waals surface area contributed by atoms with Crippen molar-refractivity contribution in [3.8, 4) is 16.8 Å². The van der Waals surface area contributed by atoms with E-state index in [2.05, 4.69) is 25.1 Å². The first-order chi connectivity index (χ1) is 19.7. The Balaban J connectivity index is 1.66. The Kier molecular flexibility index (Phi) is 7.14. The van der Waals surface area contributed by atoms with Crippen molar-refractivity contribution in [1.29, 1.82) is 0 Å². The number of anilines is 3. The fraction of sp³-hybridized carbons (Fsp3) is 0.185. The average Bonchev–Trinajstić information content (AvgIpc) is 3.28. The number of aryl methyl sites for hydroxylation is 1. The minimum Gasteiger partial charge on any atom is -0.383 e. The lowest BCUT2D eigenvalue weighted by molar-refractivity contribution is -0.137. The van der Waals surface area contributed by atoms with E-state index in [1.54, 1.807) is 50.4 Å². The first-order valence-corrected chi connectivity index (χ1v) is 14.4. The predicted molar refractivity (Wildman–Crippen MR) is 153 cm³/mol. The molecule has 5 aromatic rings. The zero-order valence-corrected chi connectivity index (χ0v) is 23.3. The van der Waals surface area contributed by atoms with Crippen LogP contribution in [0.3, 0.4) is 0 Å². The van der Waals surface area contributed by atoms with Gasteiger partial charge in [-0.3, -0.25) is 14.1 Å². The van der Waals surface area contributed by atoms with E-state index in [9.17, 15) is 26.4 Å². The normalized spacial score (nSPS) is 12.8. The molecule has 218 valence electrons. The van der Waals surface area contributed by atoms with Crippen LogP contribution in [0.4, 0.5) is 30.5 Å². The summed E-state index contributed by atoms with van der Waals surface area (Å²) in [5.74, 6) is 0.160. The molecule has 15 heteroatoms. The van der Waals surface area contributed by atoms with E-state index >= 15 is 0 Å². The lowest BCUT2D eigenvalue weighted by Crippen LogP contribution is -2.29. The number of hydrogen-bond donors (Lipinski definition) is 3. The van der Waals surface area contributed by atoms with Crippen LogP contribution in [0.5, 0.6) is 0 Å². The molecule has 0 spiro atoms. The molecule has 0 aliphatic rings. The van der Waals surface area contributed by atoms with Crippen molar-refractivity contribution in [3.05, 3.63) is 94.4 Å². The molecule has 0 bridgehead atoms. The second-order valence-corrected chi connectivity index (χ2v) is 11.4. The molecule has 1 atom stereocenters. The Hall–Kier alpha value is -4.92. The first-order valence-electron chi connectivity index (χ1n) is 12.5. The van der Waals surface area contributed by atoms with Crippen LogP contribution in [-0.2, 0) is 16.2 Å². The maximum atomic E-state index is 13.8. The van der Waals surface area contributed by atoms with Crippen LogP contribution in [-0.4, -0.2) is 38.8 Å². The van der Waals surface area contributed by atoms with Gasteiger partial charge in [-0.25, -0.2) is 22.9 Å². The molecule has 0 saturated heterocycles. The molecule has 5 rings (SSSR count). The number of aromatic nitrogens is 5. The number of rotatable bonds is 7. The van der Waals surface area contributed by atoms with Crippen molar-refractivity contribution in [2.24, 2.45) is 0 Å². The van der Waals surface area contributed by atoms with Gasteiger partial charge in [0, 0.05) is 11.9 Å². The molecular formula is C27H25F3N8O3S. The van der Waals surface area contributed by atoms with E-state index in [4.69, 9.17) is 5.73 Å². The summed E-state index contributed by atoms with van der Waals surface area (Å²) in [7, 11) is -3.90. The number of nitrogens with zero attached hydrogens (tertiary/aromatic N) is 5.